The predicted octanol–water partition coefficient (Wildman–Crippen LogP) is 5.25. The Kier molecular flexibility index (Phi) is 8.10. The number of aromatic nitrogens is 2. The molecule has 37 heavy (non-hydrogen) atoms. The van der Waals surface area contributed by atoms with Crippen molar-refractivity contribution in [3.8, 4) is 16.9 Å². The van der Waals surface area contributed by atoms with Gasteiger partial charge in [-0.05, 0) is 55.0 Å². The molecular formula is C27H26F2N4O3S. The van der Waals surface area contributed by atoms with Crippen LogP contribution in [0.15, 0.2) is 89.8 Å². The summed E-state index contributed by atoms with van der Waals surface area (Å²) in [7, 11) is -4.04. The maximum atomic E-state index is 13.5. The number of benzene rings is 3. The molecule has 0 aliphatic rings. The summed E-state index contributed by atoms with van der Waals surface area (Å²) in [5.41, 5.74) is 1.89. The lowest BCUT2D eigenvalue weighted by atomic mass is 10.2. The molecule has 0 spiro atoms. The molecule has 10 heteroatoms. The van der Waals surface area contributed by atoms with E-state index in [9.17, 15) is 22.0 Å². The number of nitrogens with one attached hydrogen (secondary N) is 1. The molecule has 1 heterocycles. The van der Waals surface area contributed by atoms with Crippen LogP contribution in [0.3, 0.4) is 0 Å². The normalized spacial score (nSPS) is 11.6. The number of rotatable bonds is 10. The third-order valence-corrected chi connectivity index (χ3v) is 7.51. The van der Waals surface area contributed by atoms with Crippen molar-refractivity contribution in [3.63, 3.8) is 0 Å². The van der Waals surface area contributed by atoms with Crippen LogP contribution in [0.5, 0.6) is 0 Å². The molecule has 4 rings (SSSR count). The van der Waals surface area contributed by atoms with Gasteiger partial charge in [0.1, 0.15) is 17.5 Å². The third kappa shape index (κ3) is 6.28. The number of unbranched alkanes of at least 4 members (excludes halogenated alkanes) is 1. The van der Waals surface area contributed by atoms with Gasteiger partial charge >= 0.3 is 0 Å². The molecule has 1 aromatic heterocycles. The highest BCUT2D eigenvalue weighted by atomic mass is 32.2. The van der Waals surface area contributed by atoms with Gasteiger partial charge in [-0.15, -0.1) is 0 Å². The highest BCUT2D eigenvalue weighted by molar-refractivity contribution is 7.89. The highest BCUT2D eigenvalue weighted by Gasteiger charge is 2.27. The number of hydrogen-bond donors (Lipinski definition) is 1. The Bertz CT molecular complexity index is 1460. The molecule has 0 fully saturated rings. The van der Waals surface area contributed by atoms with Crippen LogP contribution in [-0.4, -0.2) is 41.5 Å². The minimum Gasteiger partial charge on any atom is -0.309 e. The van der Waals surface area contributed by atoms with Crippen LogP contribution < -0.4 is 5.32 Å². The molecule has 7 nitrogen and oxygen atoms in total. The van der Waals surface area contributed by atoms with E-state index in [4.69, 9.17) is 0 Å². The quantitative estimate of drug-likeness (QED) is 0.307. The van der Waals surface area contributed by atoms with Crippen molar-refractivity contribution in [2.24, 2.45) is 0 Å². The predicted molar refractivity (Wildman–Crippen MR) is 138 cm³/mol. The smallest absolute Gasteiger partial charge is 0.243 e. The Morgan fingerprint density at radius 3 is 2.19 bits per heavy atom. The van der Waals surface area contributed by atoms with Gasteiger partial charge < -0.3 is 5.32 Å². The van der Waals surface area contributed by atoms with Crippen LogP contribution in [-0.2, 0) is 14.8 Å². The van der Waals surface area contributed by atoms with Gasteiger partial charge in [0, 0.05) is 18.2 Å². The number of nitrogens with zero attached hydrogens (tertiary/aromatic N) is 3. The van der Waals surface area contributed by atoms with Crippen LogP contribution >= 0.6 is 0 Å². The second kappa shape index (κ2) is 11.4. The monoisotopic (exact) mass is 524 g/mol. The molecule has 0 saturated carbocycles. The SMILES string of the molecule is CCCCN(CC(=O)Nc1cc(-c2ccccc2)nn1-c1ccc(F)cc1)S(=O)(=O)c1ccc(F)cc1. The fourth-order valence-electron chi connectivity index (χ4n) is 3.72. The average Bonchev–Trinajstić information content (AvgIpc) is 3.31. The second-order valence-corrected chi connectivity index (χ2v) is 10.3. The van der Waals surface area contributed by atoms with Crippen LogP contribution in [0.25, 0.3) is 16.9 Å². The Labute approximate surface area is 214 Å². The Balaban J connectivity index is 1.63. The van der Waals surface area contributed by atoms with E-state index >= 15 is 0 Å². The molecule has 0 atom stereocenters. The number of hydrogen-bond acceptors (Lipinski definition) is 4. The number of anilines is 1. The molecule has 1 N–H and O–H groups in total. The minimum absolute atomic E-state index is 0.0967. The highest BCUT2D eigenvalue weighted by Crippen LogP contribution is 2.25. The lowest BCUT2D eigenvalue weighted by Gasteiger charge is -2.21. The first-order valence-electron chi connectivity index (χ1n) is 11.7. The fraction of sp³-hybridized carbons (Fsp3) is 0.185. The van der Waals surface area contributed by atoms with Gasteiger partial charge in [0.2, 0.25) is 15.9 Å². The fourth-order valence-corrected chi connectivity index (χ4v) is 5.15. The summed E-state index contributed by atoms with van der Waals surface area (Å²) in [4.78, 5) is 13.0. The topological polar surface area (TPSA) is 84.3 Å². The maximum Gasteiger partial charge on any atom is 0.243 e. The zero-order valence-corrected chi connectivity index (χ0v) is 21.0. The van der Waals surface area contributed by atoms with Gasteiger partial charge in [0.15, 0.2) is 0 Å². The molecule has 0 bridgehead atoms. The van der Waals surface area contributed by atoms with E-state index in [1.165, 1.54) is 41.1 Å². The van der Waals surface area contributed by atoms with E-state index in [2.05, 4.69) is 10.4 Å². The van der Waals surface area contributed by atoms with E-state index in [0.717, 1.165) is 28.4 Å². The summed E-state index contributed by atoms with van der Waals surface area (Å²) >= 11 is 0. The zero-order chi connectivity index (χ0) is 26.4. The van der Waals surface area contributed by atoms with E-state index in [1.807, 2.05) is 37.3 Å². The first-order valence-corrected chi connectivity index (χ1v) is 13.2. The summed E-state index contributed by atoms with van der Waals surface area (Å²) in [5.74, 6) is -1.25. The number of carbonyl (C=O) groups excluding carboxylic acids is 1. The first-order chi connectivity index (χ1) is 17.8. The first kappa shape index (κ1) is 26.2. The molecule has 0 aliphatic heterocycles. The van der Waals surface area contributed by atoms with Gasteiger partial charge in [0.25, 0.3) is 0 Å². The summed E-state index contributed by atoms with van der Waals surface area (Å²) in [5, 5.41) is 7.33. The summed E-state index contributed by atoms with van der Waals surface area (Å²) in [6.07, 6.45) is 1.26. The standard InChI is InChI=1S/C27H26F2N4O3S/c1-2-3-17-32(37(35,36)24-15-11-22(29)12-16-24)19-27(34)30-26-18-25(20-7-5-4-6-8-20)31-33(26)23-13-9-21(28)10-14-23/h4-16,18H,2-3,17,19H2,1H3,(H,30,34). The Hall–Kier alpha value is -3.89. The summed E-state index contributed by atoms with van der Waals surface area (Å²) < 4.78 is 55.9. The van der Waals surface area contributed by atoms with Crippen molar-refractivity contribution in [3.05, 3.63) is 96.6 Å². The van der Waals surface area contributed by atoms with E-state index in [0.29, 0.717) is 23.6 Å². The Morgan fingerprint density at radius 1 is 0.946 bits per heavy atom. The Morgan fingerprint density at radius 2 is 1.57 bits per heavy atom. The van der Waals surface area contributed by atoms with Crippen molar-refractivity contribution in [2.75, 3.05) is 18.4 Å². The molecule has 192 valence electrons. The third-order valence-electron chi connectivity index (χ3n) is 5.65. The summed E-state index contributed by atoms with van der Waals surface area (Å²) in [6, 6.07) is 21.1. The van der Waals surface area contributed by atoms with Crippen molar-refractivity contribution in [1.29, 1.82) is 0 Å². The van der Waals surface area contributed by atoms with Crippen molar-refractivity contribution >= 4 is 21.7 Å². The van der Waals surface area contributed by atoms with Crippen LogP contribution in [0.4, 0.5) is 14.6 Å². The maximum absolute atomic E-state index is 13.5. The molecule has 3 aromatic carbocycles. The van der Waals surface area contributed by atoms with Crippen molar-refractivity contribution < 1.29 is 22.0 Å². The van der Waals surface area contributed by atoms with Gasteiger partial charge in [-0.25, -0.2) is 21.9 Å². The number of amides is 1. The zero-order valence-electron chi connectivity index (χ0n) is 20.1. The van der Waals surface area contributed by atoms with Crippen LogP contribution in [0, 0.1) is 11.6 Å². The van der Waals surface area contributed by atoms with E-state index in [-0.39, 0.29) is 11.4 Å². The van der Waals surface area contributed by atoms with Crippen LogP contribution in [0.1, 0.15) is 19.8 Å². The van der Waals surface area contributed by atoms with Gasteiger partial charge in [-0.3, -0.25) is 4.79 Å². The number of carbonyl (C=O) groups is 1. The van der Waals surface area contributed by atoms with Gasteiger partial charge in [0.05, 0.1) is 22.8 Å². The van der Waals surface area contributed by atoms with Gasteiger partial charge in [-0.2, -0.15) is 9.40 Å². The molecular weight excluding hydrogens is 498 g/mol. The number of sulfonamides is 1. The van der Waals surface area contributed by atoms with Gasteiger partial charge in [-0.1, -0.05) is 43.7 Å². The molecule has 4 aromatic rings. The molecule has 0 saturated heterocycles. The lowest BCUT2D eigenvalue weighted by molar-refractivity contribution is -0.116. The lowest BCUT2D eigenvalue weighted by Crippen LogP contribution is -2.38. The van der Waals surface area contributed by atoms with E-state index in [1.54, 1.807) is 6.07 Å². The largest absolute Gasteiger partial charge is 0.309 e. The number of halogens is 2. The van der Waals surface area contributed by atoms with Crippen molar-refractivity contribution in [2.45, 2.75) is 24.7 Å². The second-order valence-electron chi connectivity index (χ2n) is 8.36. The van der Waals surface area contributed by atoms with Crippen LogP contribution in [0.2, 0.25) is 0 Å². The summed E-state index contributed by atoms with van der Waals surface area (Å²) in [6.45, 7) is 1.58. The molecule has 1 amide bonds. The average molecular weight is 525 g/mol. The van der Waals surface area contributed by atoms with E-state index < -0.39 is 34.1 Å². The molecule has 0 aliphatic carbocycles. The van der Waals surface area contributed by atoms with Crippen molar-refractivity contribution in [1.82, 2.24) is 14.1 Å². The molecule has 0 unspecified atom stereocenters. The minimum atomic E-state index is -4.04. The molecule has 0 radical (unpaired) electrons.